The number of nitrogens with one attached hydrogen (secondary N) is 1. The summed E-state index contributed by atoms with van der Waals surface area (Å²) >= 11 is 0. The monoisotopic (exact) mass is 357 g/mol. The van der Waals surface area contributed by atoms with Crippen LogP contribution in [-0.4, -0.2) is 36.6 Å². The third-order valence-corrected chi connectivity index (χ3v) is 6.20. The van der Waals surface area contributed by atoms with Crippen LogP contribution in [0.15, 0.2) is 18.3 Å². The van der Waals surface area contributed by atoms with Gasteiger partial charge in [0.2, 0.25) is 0 Å². The Morgan fingerprint density at radius 1 is 1.35 bits per heavy atom. The van der Waals surface area contributed by atoms with E-state index >= 15 is 0 Å². The molecule has 2 aliphatic rings. The Labute approximate surface area is 153 Å². The fraction of sp³-hybridized carbons (Fsp3) is 0.632. The zero-order valence-corrected chi connectivity index (χ0v) is 15.5. The molecule has 2 heterocycles. The first-order chi connectivity index (χ1) is 12.5. The number of carbonyl (C=O) groups is 1. The summed E-state index contributed by atoms with van der Waals surface area (Å²) in [5.74, 6) is 0.325. The van der Waals surface area contributed by atoms with Gasteiger partial charge in [-0.3, -0.25) is 9.48 Å². The van der Waals surface area contributed by atoms with E-state index in [-0.39, 0.29) is 11.9 Å². The third kappa shape index (κ3) is 3.05. The minimum absolute atomic E-state index is 0.0134. The fourth-order valence-corrected chi connectivity index (χ4v) is 4.14. The average Bonchev–Trinajstić information content (AvgIpc) is 3.29. The lowest BCUT2D eigenvalue weighted by Crippen LogP contribution is -2.39. The van der Waals surface area contributed by atoms with Gasteiger partial charge in [-0.25, -0.2) is 0 Å². The molecule has 0 aliphatic heterocycles. The van der Waals surface area contributed by atoms with Gasteiger partial charge in [-0.2, -0.15) is 0 Å². The third-order valence-electron chi connectivity index (χ3n) is 6.20. The van der Waals surface area contributed by atoms with Crippen LogP contribution in [-0.2, 0) is 19.2 Å². The lowest BCUT2D eigenvalue weighted by molar-refractivity contribution is -0.0427. The van der Waals surface area contributed by atoms with Crippen molar-refractivity contribution in [3.63, 3.8) is 0 Å². The Morgan fingerprint density at radius 3 is 2.81 bits per heavy atom. The zero-order valence-electron chi connectivity index (χ0n) is 15.5. The van der Waals surface area contributed by atoms with Crippen molar-refractivity contribution in [3.05, 3.63) is 35.4 Å². The van der Waals surface area contributed by atoms with Crippen LogP contribution in [0, 0.1) is 12.8 Å². The van der Waals surface area contributed by atoms with E-state index in [2.05, 4.69) is 15.6 Å². The van der Waals surface area contributed by atoms with Crippen LogP contribution >= 0.6 is 0 Å². The van der Waals surface area contributed by atoms with Gasteiger partial charge in [0.05, 0.1) is 6.20 Å². The van der Waals surface area contributed by atoms with Crippen molar-refractivity contribution in [2.45, 2.75) is 63.6 Å². The largest absolute Gasteiger partial charge is 0.383 e. The average molecular weight is 357 g/mol. The van der Waals surface area contributed by atoms with Gasteiger partial charge in [0.1, 0.15) is 17.0 Å². The molecule has 2 fully saturated rings. The molecule has 0 radical (unpaired) electrons. The summed E-state index contributed by atoms with van der Waals surface area (Å²) in [7, 11) is 1.92. The van der Waals surface area contributed by atoms with E-state index in [9.17, 15) is 9.90 Å². The minimum Gasteiger partial charge on any atom is -0.383 e. The van der Waals surface area contributed by atoms with Crippen molar-refractivity contribution in [1.82, 2.24) is 24.9 Å². The lowest BCUT2D eigenvalue weighted by Gasteiger charge is -2.34. The maximum Gasteiger partial charge on any atom is 0.268 e. The van der Waals surface area contributed by atoms with Gasteiger partial charge >= 0.3 is 0 Å². The molecule has 7 heteroatoms. The van der Waals surface area contributed by atoms with E-state index in [1.165, 1.54) is 0 Å². The number of rotatable bonds is 5. The standard InChI is InChI=1S/C19H27N5O2/c1-13-7-8-16(23(13)2)18(25)20-15-6-3-5-14(15)11-24-12-17(21-22-24)19(26)9-4-10-19/h7-8,12,14-15,26H,3-6,9-11H2,1-2H3,(H,20,25)/t14-,15-/m1/s1. The highest BCUT2D eigenvalue weighted by atomic mass is 16.3. The molecule has 0 saturated heterocycles. The summed E-state index contributed by atoms with van der Waals surface area (Å²) in [5, 5.41) is 22.0. The van der Waals surface area contributed by atoms with Crippen LogP contribution in [0.5, 0.6) is 0 Å². The number of amides is 1. The summed E-state index contributed by atoms with van der Waals surface area (Å²) in [6, 6.07) is 3.98. The Morgan fingerprint density at radius 2 is 2.15 bits per heavy atom. The fourth-order valence-electron chi connectivity index (χ4n) is 4.14. The van der Waals surface area contributed by atoms with Crippen LogP contribution in [0.25, 0.3) is 0 Å². The lowest BCUT2D eigenvalue weighted by atomic mass is 9.78. The van der Waals surface area contributed by atoms with Gasteiger partial charge in [-0.15, -0.1) is 5.10 Å². The van der Waals surface area contributed by atoms with Crippen molar-refractivity contribution >= 4 is 5.91 Å². The summed E-state index contributed by atoms with van der Waals surface area (Å²) in [6.07, 6.45) is 7.61. The number of hydrogen-bond acceptors (Lipinski definition) is 4. The van der Waals surface area contributed by atoms with E-state index < -0.39 is 5.60 Å². The molecule has 2 aromatic rings. The number of nitrogens with zero attached hydrogens (tertiary/aromatic N) is 4. The molecule has 2 aromatic heterocycles. The molecule has 0 unspecified atom stereocenters. The van der Waals surface area contributed by atoms with Crippen molar-refractivity contribution in [2.24, 2.45) is 13.0 Å². The number of aromatic nitrogens is 4. The summed E-state index contributed by atoms with van der Waals surface area (Å²) in [5.41, 5.74) is 1.68. The SMILES string of the molecule is Cc1ccc(C(=O)N[C@@H]2CCC[C@@H]2Cn2cc(C3(O)CCC3)nn2)n1C. The molecule has 2 atom stereocenters. The van der Waals surface area contributed by atoms with Crippen molar-refractivity contribution < 1.29 is 9.90 Å². The van der Waals surface area contributed by atoms with Crippen LogP contribution in [0.4, 0.5) is 0 Å². The highest BCUT2D eigenvalue weighted by Gasteiger charge is 2.39. The predicted octanol–water partition coefficient (Wildman–Crippen LogP) is 1.90. The molecule has 4 rings (SSSR count). The Kier molecular flexibility index (Phi) is 4.34. The minimum atomic E-state index is -0.772. The molecule has 140 valence electrons. The highest BCUT2D eigenvalue weighted by molar-refractivity contribution is 5.93. The molecule has 0 spiro atoms. The van der Waals surface area contributed by atoms with E-state index in [0.717, 1.165) is 50.8 Å². The molecule has 0 bridgehead atoms. The normalized spacial score (nSPS) is 24.4. The van der Waals surface area contributed by atoms with Gasteiger partial charge in [-0.05, 0) is 57.1 Å². The predicted molar refractivity (Wildman–Crippen MR) is 96.5 cm³/mol. The number of carbonyl (C=O) groups excluding carboxylic acids is 1. The van der Waals surface area contributed by atoms with Crippen LogP contribution in [0.1, 0.15) is 60.4 Å². The second-order valence-corrected chi connectivity index (χ2v) is 7.90. The maximum absolute atomic E-state index is 12.6. The Hall–Kier alpha value is -2.15. The molecular formula is C19H27N5O2. The molecule has 2 aliphatic carbocycles. The Balaban J connectivity index is 1.40. The van der Waals surface area contributed by atoms with Crippen LogP contribution in [0.2, 0.25) is 0 Å². The van der Waals surface area contributed by atoms with Gasteiger partial charge in [0, 0.05) is 25.3 Å². The van der Waals surface area contributed by atoms with Crippen molar-refractivity contribution in [2.75, 3.05) is 0 Å². The number of hydrogen-bond donors (Lipinski definition) is 2. The molecule has 2 saturated carbocycles. The van der Waals surface area contributed by atoms with E-state index in [0.29, 0.717) is 17.3 Å². The first-order valence-electron chi connectivity index (χ1n) is 9.52. The summed E-state index contributed by atoms with van der Waals surface area (Å²) < 4.78 is 3.75. The van der Waals surface area contributed by atoms with Crippen LogP contribution in [0.3, 0.4) is 0 Å². The second-order valence-electron chi connectivity index (χ2n) is 7.90. The van der Waals surface area contributed by atoms with Crippen molar-refractivity contribution in [1.29, 1.82) is 0 Å². The molecule has 0 aromatic carbocycles. The summed E-state index contributed by atoms with van der Waals surface area (Å²) in [4.78, 5) is 12.6. The molecule has 2 N–H and O–H groups in total. The quantitative estimate of drug-likeness (QED) is 0.856. The topological polar surface area (TPSA) is 85.0 Å². The van der Waals surface area contributed by atoms with Gasteiger partial charge in [0.25, 0.3) is 5.91 Å². The molecule has 26 heavy (non-hydrogen) atoms. The van der Waals surface area contributed by atoms with Gasteiger partial charge in [-0.1, -0.05) is 11.6 Å². The van der Waals surface area contributed by atoms with Gasteiger partial charge in [0.15, 0.2) is 0 Å². The number of aryl methyl sites for hydroxylation is 1. The summed E-state index contributed by atoms with van der Waals surface area (Å²) in [6.45, 7) is 2.72. The molecular weight excluding hydrogens is 330 g/mol. The molecule has 7 nitrogen and oxygen atoms in total. The Bertz CT molecular complexity index is 805. The number of aliphatic hydroxyl groups is 1. The zero-order chi connectivity index (χ0) is 18.3. The van der Waals surface area contributed by atoms with E-state index in [1.807, 2.05) is 41.5 Å². The first-order valence-corrected chi connectivity index (χ1v) is 9.52. The van der Waals surface area contributed by atoms with E-state index in [4.69, 9.17) is 0 Å². The highest BCUT2D eigenvalue weighted by Crippen LogP contribution is 2.39. The van der Waals surface area contributed by atoms with Crippen LogP contribution < -0.4 is 5.32 Å². The second kappa shape index (κ2) is 6.54. The van der Waals surface area contributed by atoms with Crippen molar-refractivity contribution in [3.8, 4) is 0 Å². The maximum atomic E-state index is 12.6. The van der Waals surface area contributed by atoms with Gasteiger partial charge < -0.3 is 15.0 Å². The smallest absolute Gasteiger partial charge is 0.268 e. The first kappa shape index (κ1) is 17.3. The molecule has 1 amide bonds. The van der Waals surface area contributed by atoms with E-state index in [1.54, 1.807) is 0 Å².